The van der Waals surface area contributed by atoms with E-state index in [-0.39, 0.29) is 0 Å². The van der Waals surface area contributed by atoms with Crippen molar-refractivity contribution >= 4 is 31.7 Å². The van der Waals surface area contributed by atoms with Gasteiger partial charge in [-0.1, -0.05) is 28.1 Å². The first kappa shape index (κ1) is 16.5. The number of piperidine rings is 1. The first-order valence-corrected chi connectivity index (χ1v) is 9.47. The zero-order chi connectivity index (χ0) is 15.5. The number of carbonyl (C=O) groups is 1. The molecule has 0 unspecified atom stereocenters. The lowest BCUT2D eigenvalue weighted by molar-refractivity contribution is -0.124. The van der Waals surface area contributed by atoms with Crippen LogP contribution in [0.25, 0.3) is 0 Å². The minimum atomic E-state index is -3.46. The summed E-state index contributed by atoms with van der Waals surface area (Å²) in [5.74, 6) is -0.394. The number of sulfone groups is 1. The van der Waals surface area contributed by atoms with Gasteiger partial charge in [-0.25, -0.2) is 8.42 Å². The maximum Gasteiger partial charge on any atom is 0.241 e. The van der Waals surface area contributed by atoms with Gasteiger partial charge in [-0.2, -0.15) is 0 Å². The largest absolute Gasteiger partial charge is 0.351 e. The summed E-state index contributed by atoms with van der Waals surface area (Å²) in [7, 11) is -3.46. The van der Waals surface area contributed by atoms with Gasteiger partial charge in [0, 0.05) is 17.3 Å². The van der Waals surface area contributed by atoms with E-state index in [1.54, 1.807) is 0 Å². The number of halogens is 1. The normalized spacial score (nSPS) is 18.2. The number of nitrogens with one attached hydrogen (secondary N) is 2. The van der Waals surface area contributed by atoms with E-state index in [1.807, 2.05) is 24.3 Å². The fraction of sp³-hybridized carbons (Fsp3) is 0.500. The molecule has 0 radical (unpaired) electrons. The number of benzene rings is 1. The second kappa shape index (κ2) is 6.46. The lowest BCUT2D eigenvalue weighted by Crippen LogP contribution is -2.57. The van der Waals surface area contributed by atoms with E-state index in [0.717, 1.165) is 16.3 Å². The van der Waals surface area contributed by atoms with Crippen LogP contribution in [-0.2, 0) is 21.2 Å². The van der Waals surface area contributed by atoms with E-state index in [2.05, 4.69) is 26.6 Å². The Balaban J connectivity index is 2.11. The number of hydrogen-bond acceptors (Lipinski definition) is 4. The van der Waals surface area contributed by atoms with Crippen LogP contribution in [0.15, 0.2) is 28.7 Å². The van der Waals surface area contributed by atoms with Crippen molar-refractivity contribution in [1.29, 1.82) is 0 Å². The average molecular weight is 375 g/mol. The highest BCUT2D eigenvalue weighted by molar-refractivity contribution is 9.10. The van der Waals surface area contributed by atoms with Gasteiger partial charge in [0.05, 0.1) is 0 Å². The van der Waals surface area contributed by atoms with Crippen LogP contribution >= 0.6 is 15.9 Å². The monoisotopic (exact) mass is 374 g/mol. The van der Waals surface area contributed by atoms with Gasteiger partial charge >= 0.3 is 0 Å². The molecule has 0 spiro atoms. The lowest BCUT2D eigenvalue weighted by Gasteiger charge is -2.34. The minimum absolute atomic E-state index is 0.317. The first-order chi connectivity index (χ1) is 9.85. The van der Waals surface area contributed by atoms with Crippen LogP contribution in [0.4, 0.5) is 0 Å². The summed E-state index contributed by atoms with van der Waals surface area (Å²) in [6, 6.07) is 7.55. The second-order valence-corrected chi connectivity index (χ2v) is 8.57. The molecule has 1 heterocycles. The molecule has 1 aromatic rings. The van der Waals surface area contributed by atoms with Crippen LogP contribution in [0.5, 0.6) is 0 Å². The predicted molar refractivity (Wildman–Crippen MR) is 85.7 cm³/mol. The molecule has 1 aliphatic heterocycles. The molecule has 0 aliphatic carbocycles. The molecule has 1 aliphatic rings. The van der Waals surface area contributed by atoms with Crippen LogP contribution in [0.3, 0.4) is 0 Å². The molecular weight excluding hydrogens is 356 g/mol. The van der Waals surface area contributed by atoms with Crippen molar-refractivity contribution in [3.05, 3.63) is 34.3 Å². The van der Waals surface area contributed by atoms with Gasteiger partial charge < -0.3 is 10.6 Å². The molecule has 0 saturated carbocycles. The summed E-state index contributed by atoms with van der Waals surface area (Å²) in [6.07, 6.45) is 1.79. The van der Waals surface area contributed by atoms with Gasteiger partial charge in [0.15, 0.2) is 14.6 Å². The predicted octanol–water partition coefficient (Wildman–Crippen LogP) is 1.23. The molecule has 1 saturated heterocycles. The highest BCUT2D eigenvalue weighted by Gasteiger charge is 2.48. The van der Waals surface area contributed by atoms with Crippen molar-refractivity contribution < 1.29 is 13.2 Å². The van der Waals surface area contributed by atoms with Gasteiger partial charge in [-0.3, -0.25) is 4.79 Å². The SMILES string of the molecule is CS(=O)(=O)C1(C(=O)NCc2ccc(Br)cc2)CCNCC1. The van der Waals surface area contributed by atoms with E-state index >= 15 is 0 Å². The van der Waals surface area contributed by atoms with Crippen molar-refractivity contribution in [2.24, 2.45) is 0 Å². The third-order valence-electron chi connectivity index (χ3n) is 3.90. The van der Waals surface area contributed by atoms with Crippen LogP contribution in [0, 0.1) is 0 Å². The Hall–Kier alpha value is -0.920. The average Bonchev–Trinajstić information content (AvgIpc) is 2.46. The number of rotatable bonds is 4. The molecule has 7 heteroatoms. The third kappa shape index (κ3) is 3.64. The molecule has 2 rings (SSSR count). The van der Waals surface area contributed by atoms with Gasteiger partial charge in [0.1, 0.15) is 0 Å². The van der Waals surface area contributed by atoms with Gasteiger partial charge in [-0.05, 0) is 43.6 Å². The quantitative estimate of drug-likeness (QED) is 0.830. The van der Waals surface area contributed by atoms with Crippen molar-refractivity contribution in [1.82, 2.24) is 10.6 Å². The van der Waals surface area contributed by atoms with E-state index in [0.29, 0.717) is 32.5 Å². The van der Waals surface area contributed by atoms with E-state index in [4.69, 9.17) is 0 Å². The van der Waals surface area contributed by atoms with E-state index < -0.39 is 20.5 Å². The molecule has 1 aromatic carbocycles. The molecular formula is C14H19BrN2O3S. The fourth-order valence-corrected chi connectivity index (χ4v) is 4.16. The molecule has 1 fully saturated rings. The lowest BCUT2D eigenvalue weighted by atomic mass is 9.95. The Kier molecular flexibility index (Phi) is 5.06. The molecule has 1 amide bonds. The minimum Gasteiger partial charge on any atom is -0.351 e. The Morgan fingerprint density at radius 1 is 1.29 bits per heavy atom. The first-order valence-electron chi connectivity index (χ1n) is 6.78. The van der Waals surface area contributed by atoms with Crippen LogP contribution < -0.4 is 10.6 Å². The third-order valence-corrected chi connectivity index (χ3v) is 6.44. The Morgan fingerprint density at radius 3 is 2.38 bits per heavy atom. The van der Waals surface area contributed by atoms with Gasteiger partial charge in [0.25, 0.3) is 0 Å². The van der Waals surface area contributed by atoms with Gasteiger partial charge in [0.2, 0.25) is 5.91 Å². The summed E-state index contributed by atoms with van der Waals surface area (Å²) in [5, 5.41) is 5.87. The highest BCUT2D eigenvalue weighted by Crippen LogP contribution is 2.28. The smallest absolute Gasteiger partial charge is 0.241 e. The van der Waals surface area contributed by atoms with Crippen LogP contribution in [-0.4, -0.2) is 38.4 Å². The summed E-state index contributed by atoms with van der Waals surface area (Å²) in [4.78, 5) is 12.5. The highest BCUT2D eigenvalue weighted by atomic mass is 79.9. The summed E-state index contributed by atoms with van der Waals surface area (Å²) in [6.45, 7) is 1.41. The van der Waals surface area contributed by atoms with E-state index in [9.17, 15) is 13.2 Å². The van der Waals surface area contributed by atoms with Gasteiger partial charge in [-0.15, -0.1) is 0 Å². The molecule has 2 N–H and O–H groups in total. The van der Waals surface area contributed by atoms with Crippen molar-refractivity contribution in [2.75, 3.05) is 19.3 Å². The summed E-state index contributed by atoms with van der Waals surface area (Å²) in [5.41, 5.74) is 0.934. The molecule has 0 atom stereocenters. The van der Waals surface area contributed by atoms with Crippen molar-refractivity contribution in [2.45, 2.75) is 24.1 Å². The Bertz CT molecular complexity index is 608. The maximum atomic E-state index is 12.5. The summed E-state index contributed by atoms with van der Waals surface area (Å²) >= 11 is 3.35. The van der Waals surface area contributed by atoms with Crippen molar-refractivity contribution in [3.63, 3.8) is 0 Å². The maximum absolute atomic E-state index is 12.5. The number of carbonyl (C=O) groups excluding carboxylic acids is 1. The molecule has 0 bridgehead atoms. The summed E-state index contributed by atoms with van der Waals surface area (Å²) < 4.78 is 23.9. The number of amides is 1. The van der Waals surface area contributed by atoms with Crippen LogP contribution in [0.1, 0.15) is 18.4 Å². The second-order valence-electron chi connectivity index (χ2n) is 5.33. The fourth-order valence-electron chi connectivity index (χ4n) is 2.54. The topological polar surface area (TPSA) is 75.3 Å². The zero-order valence-corrected chi connectivity index (χ0v) is 14.3. The molecule has 0 aromatic heterocycles. The molecule has 5 nitrogen and oxygen atoms in total. The Labute approximate surface area is 133 Å². The standard InChI is InChI=1S/C14H19BrN2O3S/c1-21(19,20)14(6-8-16-9-7-14)13(18)17-10-11-2-4-12(15)5-3-11/h2-5,16H,6-10H2,1H3,(H,17,18). The number of hydrogen-bond donors (Lipinski definition) is 2. The Morgan fingerprint density at radius 2 is 1.86 bits per heavy atom. The molecule has 21 heavy (non-hydrogen) atoms. The molecule has 116 valence electrons. The van der Waals surface area contributed by atoms with E-state index in [1.165, 1.54) is 0 Å². The van der Waals surface area contributed by atoms with Crippen LogP contribution in [0.2, 0.25) is 0 Å². The zero-order valence-electron chi connectivity index (χ0n) is 11.9. The van der Waals surface area contributed by atoms with Crippen molar-refractivity contribution in [3.8, 4) is 0 Å².